The molecule has 0 aromatic heterocycles. The fraction of sp³-hybridized carbons (Fsp3) is 0.500. The molecular weight excluding hydrogens is 212 g/mol. The molecule has 3 nitrogen and oxygen atoms in total. The number of carbonyl (C=O) groups excluding carboxylic acids is 1. The molecule has 0 bridgehead atoms. The average molecular weight is 234 g/mol. The van der Waals surface area contributed by atoms with Gasteiger partial charge in [0.1, 0.15) is 0 Å². The molecule has 0 radical (unpaired) electrons. The summed E-state index contributed by atoms with van der Waals surface area (Å²) in [6, 6.07) is 5.69. The van der Waals surface area contributed by atoms with Crippen LogP contribution in [-0.4, -0.2) is 11.9 Å². The molecule has 1 unspecified atom stereocenters. The van der Waals surface area contributed by atoms with Gasteiger partial charge >= 0.3 is 0 Å². The normalized spacial score (nSPS) is 12.5. The highest BCUT2D eigenvalue weighted by molar-refractivity contribution is 5.99. The molecule has 0 heterocycles. The van der Waals surface area contributed by atoms with Gasteiger partial charge in [-0.05, 0) is 37.8 Å². The van der Waals surface area contributed by atoms with Crippen LogP contribution in [0.2, 0.25) is 0 Å². The lowest BCUT2D eigenvalue weighted by Crippen LogP contribution is -2.34. The summed E-state index contributed by atoms with van der Waals surface area (Å²) in [5.74, 6) is 0.486. The predicted molar refractivity (Wildman–Crippen MR) is 72.0 cm³/mol. The van der Waals surface area contributed by atoms with E-state index in [0.717, 1.165) is 12.0 Å². The van der Waals surface area contributed by atoms with Gasteiger partial charge in [0.25, 0.3) is 5.91 Å². The Morgan fingerprint density at radius 1 is 1.35 bits per heavy atom. The first-order valence-electron chi connectivity index (χ1n) is 6.07. The number of aryl methyl sites for hydroxylation is 1. The van der Waals surface area contributed by atoms with E-state index in [1.807, 2.05) is 26.0 Å². The van der Waals surface area contributed by atoms with Crippen molar-refractivity contribution in [2.24, 2.45) is 5.92 Å². The molecule has 0 aliphatic carbocycles. The number of carbonyl (C=O) groups is 1. The highest BCUT2D eigenvalue weighted by Crippen LogP contribution is 2.16. The molecule has 0 saturated heterocycles. The predicted octanol–water partition coefficient (Wildman–Crippen LogP) is 2.74. The minimum Gasteiger partial charge on any atom is -0.398 e. The molecule has 0 fully saturated rings. The summed E-state index contributed by atoms with van der Waals surface area (Å²) in [4.78, 5) is 12.0. The minimum atomic E-state index is -0.0839. The Morgan fingerprint density at radius 3 is 2.59 bits per heavy atom. The van der Waals surface area contributed by atoms with Gasteiger partial charge in [0.15, 0.2) is 0 Å². The molecule has 0 aliphatic rings. The van der Waals surface area contributed by atoms with Gasteiger partial charge in [-0.15, -0.1) is 0 Å². The maximum atomic E-state index is 12.0. The van der Waals surface area contributed by atoms with Crippen molar-refractivity contribution in [3.8, 4) is 0 Å². The summed E-state index contributed by atoms with van der Waals surface area (Å²) < 4.78 is 0. The topological polar surface area (TPSA) is 55.1 Å². The number of nitrogen functional groups attached to an aromatic ring is 1. The van der Waals surface area contributed by atoms with Gasteiger partial charge < -0.3 is 11.1 Å². The second-order valence-corrected chi connectivity index (χ2v) is 5.04. The van der Waals surface area contributed by atoms with Crippen LogP contribution in [0.1, 0.15) is 43.1 Å². The van der Waals surface area contributed by atoms with Gasteiger partial charge in [0.05, 0.1) is 5.56 Å². The van der Waals surface area contributed by atoms with Crippen LogP contribution in [-0.2, 0) is 0 Å². The van der Waals surface area contributed by atoms with E-state index < -0.39 is 0 Å². The third-order valence-corrected chi connectivity index (χ3v) is 2.77. The monoisotopic (exact) mass is 234 g/mol. The van der Waals surface area contributed by atoms with Crippen molar-refractivity contribution in [1.82, 2.24) is 5.32 Å². The van der Waals surface area contributed by atoms with Gasteiger partial charge in [-0.2, -0.15) is 0 Å². The van der Waals surface area contributed by atoms with E-state index in [-0.39, 0.29) is 11.9 Å². The second kappa shape index (κ2) is 5.71. The maximum absolute atomic E-state index is 12.0. The number of hydrogen-bond acceptors (Lipinski definition) is 2. The Balaban J connectivity index is 2.73. The molecule has 1 rings (SSSR count). The van der Waals surface area contributed by atoms with Crippen LogP contribution >= 0.6 is 0 Å². The van der Waals surface area contributed by atoms with Crippen LogP contribution in [0.4, 0.5) is 5.69 Å². The van der Waals surface area contributed by atoms with Crippen LogP contribution in [0, 0.1) is 12.8 Å². The van der Waals surface area contributed by atoms with E-state index >= 15 is 0 Å². The molecule has 0 spiro atoms. The van der Waals surface area contributed by atoms with Crippen molar-refractivity contribution in [3.05, 3.63) is 29.3 Å². The second-order valence-electron chi connectivity index (χ2n) is 5.04. The van der Waals surface area contributed by atoms with Crippen molar-refractivity contribution >= 4 is 11.6 Å². The Bertz CT molecular complexity index is 399. The average Bonchev–Trinajstić information content (AvgIpc) is 2.20. The van der Waals surface area contributed by atoms with Crippen molar-refractivity contribution in [1.29, 1.82) is 0 Å². The summed E-state index contributed by atoms with van der Waals surface area (Å²) in [5, 5.41) is 2.98. The highest BCUT2D eigenvalue weighted by atomic mass is 16.1. The zero-order valence-corrected chi connectivity index (χ0v) is 11.1. The van der Waals surface area contributed by atoms with Gasteiger partial charge in [0.2, 0.25) is 0 Å². The maximum Gasteiger partial charge on any atom is 0.253 e. The van der Waals surface area contributed by atoms with Crippen molar-refractivity contribution in [2.45, 2.75) is 40.2 Å². The van der Waals surface area contributed by atoms with Gasteiger partial charge in [-0.25, -0.2) is 0 Å². The summed E-state index contributed by atoms with van der Waals surface area (Å²) >= 11 is 0. The molecule has 1 atom stereocenters. The first kappa shape index (κ1) is 13.6. The van der Waals surface area contributed by atoms with E-state index in [1.54, 1.807) is 6.07 Å². The lowest BCUT2D eigenvalue weighted by Gasteiger charge is -2.17. The number of nitrogens with one attached hydrogen (secondary N) is 1. The van der Waals surface area contributed by atoms with Crippen LogP contribution < -0.4 is 11.1 Å². The molecule has 3 N–H and O–H groups in total. The fourth-order valence-electron chi connectivity index (χ4n) is 1.95. The van der Waals surface area contributed by atoms with E-state index in [1.165, 1.54) is 0 Å². The fourth-order valence-corrected chi connectivity index (χ4v) is 1.95. The molecule has 0 aliphatic heterocycles. The molecular formula is C14H22N2O. The van der Waals surface area contributed by atoms with E-state index in [4.69, 9.17) is 5.73 Å². The lowest BCUT2D eigenvalue weighted by molar-refractivity contribution is 0.0937. The third-order valence-electron chi connectivity index (χ3n) is 2.77. The van der Waals surface area contributed by atoms with Crippen molar-refractivity contribution in [3.63, 3.8) is 0 Å². The van der Waals surface area contributed by atoms with Gasteiger partial charge in [-0.3, -0.25) is 4.79 Å². The largest absolute Gasteiger partial charge is 0.398 e. The van der Waals surface area contributed by atoms with Crippen LogP contribution in [0.5, 0.6) is 0 Å². The smallest absolute Gasteiger partial charge is 0.253 e. The summed E-state index contributed by atoms with van der Waals surface area (Å²) in [5.41, 5.74) is 7.98. The Kier molecular flexibility index (Phi) is 4.55. The number of para-hydroxylation sites is 1. The van der Waals surface area contributed by atoms with Crippen LogP contribution in [0.25, 0.3) is 0 Å². The van der Waals surface area contributed by atoms with Crippen LogP contribution in [0.15, 0.2) is 18.2 Å². The van der Waals surface area contributed by atoms with Crippen molar-refractivity contribution < 1.29 is 4.79 Å². The number of nitrogens with two attached hydrogens (primary N) is 1. The zero-order chi connectivity index (χ0) is 13.0. The first-order chi connectivity index (χ1) is 7.91. The Hall–Kier alpha value is -1.51. The van der Waals surface area contributed by atoms with Crippen LogP contribution in [0.3, 0.4) is 0 Å². The van der Waals surface area contributed by atoms with E-state index in [2.05, 4.69) is 19.2 Å². The van der Waals surface area contributed by atoms with E-state index in [0.29, 0.717) is 17.2 Å². The Morgan fingerprint density at radius 2 is 2.00 bits per heavy atom. The SMILES string of the molecule is Cc1cccc(C(=O)NC(C)CC(C)C)c1N. The highest BCUT2D eigenvalue weighted by Gasteiger charge is 2.13. The molecule has 1 aromatic carbocycles. The standard InChI is InChI=1S/C14H22N2O/c1-9(2)8-11(4)16-14(17)12-7-5-6-10(3)13(12)15/h5-7,9,11H,8,15H2,1-4H3,(H,16,17). The molecule has 94 valence electrons. The van der Waals surface area contributed by atoms with Gasteiger partial charge in [-0.1, -0.05) is 26.0 Å². The number of rotatable bonds is 4. The number of amides is 1. The number of hydrogen-bond donors (Lipinski definition) is 2. The Labute approximate surface area is 103 Å². The molecule has 0 saturated carbocycles. The van der Waals surface area contributed by atoms with Crippen molar-refractivity contribution in [2.75, 3.05) is 5.73 Å². The molecule has 17 heavy (non-hydrogen) atoms. The summed E-state index contributed by atoms with van der Waals surface area (Å²) in [6.07, 6.45) is 0.970. The molecule has 3 heteroatoms. The lowest BCUT2D eigenvalue weighted by atomic mass is 10.0. The van der Waals surface area contributed by atoms with Gasteiger partial charge in [0, 0.05) is 11.7 Å². The molecule has 1 amide bonds. The number of anilines is 1. The summed E-state index contributed by atoms with van der Waals surface area (Å²) in [7, 11) is 0. The quantitative estimate of drug-likeness (QED) is 0.787. The minimum absolute atomic E-state index is 0.0839. The molecule has 1 aromatic rings. The van der Waals surface area contributed by atoms with E-state index in [9.17, 15) is 4.79 Å². The first-order valence-corrected chi connectivity index (χ1v) is 6.07. The zero-order valence-electron chi connectivity index (χ0n) is 11.1. The third kappa shape index (κ3) is 3.77. The summed E-state index contributed by atoms with van der Waals surface area (Å²) in [6.45, 7) is 8.21. The number of benzene rings is 1.